The summed E-state index contributed by atoms with van der Waals surface area (Å²) in [5.41, 5.74) is 1.49. The third-order valence-electron chi connectivity index (χ3n) is 6.29. The molecule has 0 heterocycles. The lowest BCUT2D eigenvalue weighted by Gasteiger charge is -2.20. The first-order valence-electron chi connectivity index (χ1n) is 11.0. The van der Waals surface area contributed by atoms with Crippen LogP contribution in [0.5, 0.6) is 0 Å². The normalized spacial score (nSPS) is 30.1. The molecule has 1 fully saturated rings. The maximum Gasteiger partial charge on any atom is 0.0723 e. The van der Waals surface area contributed by atoms with Gasteiger partial charge in [-0.15, -0.1) is 0 Å². The van der Waals surface area contributed by atoms with Crippen LogP contribution in [-0.2, 0) is 0 Å². The first kappa shape index (κ1) is 22.6. The molecule has 27 heavy (non-hydrogen) atoms. The Labute approximate surface area is 166 Å². The molecule has 0 unspecified atom stereocenters. The van der Waals surface area contributed by atoms with Crippen LogP contribution in [0.1, 0.15) is 52.4 Å². The summed E-state index contributed by atoms with van der Waals surface area (Å²) in [5, 5.41) is 24.4. The Hall–Kier alpha value is -0.680. The lowest BCUT2D eigenvalue weighted by molar-refractivity contribution is 0.139. The molecule has 3 N–H and O–H groups in total. The minimum absolute atomic E-state index is 0.186. The number of hydrogen-bond donors (Lipinski definition) is 3. The van der Waals surface area contributed by atoms with E-state index in [1.807, 2.05) is 6.08 Å². The molecule has 0 aromatic rings. The van der Waals surface area contributed by atoms with Gasteiger partial charge in [0.25, 0.3) is 0 Å². The molecular formula is C23H42N2O2. The van der Waals surface area contributed by atoms with Crippen molar-refractivity contribution in [2.24, 2.45) is 23.7 Å². The predicted molar refractivity (Wildman–Crippen MR) is 114 cm³/mol. The fraction of sp³-hybridized carbons (Fsp3) is 0.826. The van der Waals surface area contributed by atoms with E-state index in [2.05, 4.69) is 50.3 Å². The minimum atomic E-state index is -0.385. The van der Waals surface area contributed by atoms with E-state index in [0.717, 1.165) is 38.9 Å². The average molecular weight is 379 g/mol. The summed E-state index contributed by atoms with van der Waals surface area (Å²) in [6.45, 7) is 7.46. The van der Waals surface area contributed by atoms with Gasteiger partial charge < -0.3 is 20.4 Å². The number of rotatable bonds is 12. The molecule has 156 valence electrons. The standard InChI is InChI=1S/C23H42N2O2/c1-5-6-7-17(2)12-20(26)8-9-21-22-14-18(13-19(22)15-23(21)27)16-24-10-11-25(3)4/h8-9,13,17,19-24,26-27H,5-7,10-12,14-16H2,1-4H3/b9-8+/t17-,19-,20+,21+,22-,23+/m0/s1. The summed E-state index contributed by atoms with van der Waals surface area (Å²) in [6.07, 6.45) is 12.2. The zero-order valence-corrected chi connectivity index (χ0v) is 17.9. The van der Waals surface area contributed by atoms with E-state index in [9.17, 15) is 10.2 Å². The smallest absolute Gasteiger partial charge is 0.0723 e. The van der Waals surface area contributed by atoms with Gasteiger partial charge in [-0.3, -0.25) is 0 Å². The molecule has 6 atom stereocenters. The number of hydrogen-bond acceptors (Lipinski definition) is 4. The van der Waals surface area contributed by atoms with Crippen LogP contribution in [0.3, 0.4) is 0 Å². The van der Waals surface area contributed by atoms with Gasteiger partial charge in [-0.05, 0) is 51.1 Å². The summed E-state index contributed by atoms with van der Waals surface area (Å²) in [4.78, 5) is 2.19. The highest BCUT2D eigenvalue weighted by Gasteiger charge is 2.43. The Kier molecular flexibility index (Phi) is 9.51. The molecule has 0 radical (unpaired) electrons. The summed E-state index contributed by atoms with van der Waals surface area (Å²) >= 11 is 0. The Balaban J connectivity index is 1.78. The number of nitrogens with one attached hydrogen (secondary N) is 1. The van der Waals surface area contributed by atoms with Crippen molar-refractivity contribution in [3.05, 3.63) is 23.8 Å². The van der Waals surface area contributed by atoms with E-state index < -0.39 is 0 Å². The molecule has 4 heteroatoms. The van der Waals surface area contributed by atoms with E-state index in [4.69, 9.17) is 0 Å². The van der Waals surface area contributed by atoms with Crippen LogP contribution in [0.4, 0.5) is 0 Å². The fourth-order valence-electron chi connectivity index (χ4n) is 4.71. The summed E-state index contributed by atoms with van der Waals surface area (Å²) in [6, 6.07) is 0. The number of aliphatic hydroxyl groups is 2. The van der Waals surface area contributed by atoms with E-state index >= 15 is 0 Å². The molecular weight excluding hydrogens is 336 g/mol. The zero-order valence-electron chi connectivity index (χ0n) is 17.9. The van der Waals surface area contributed by atoms with Gasteiger partial charge in [0, 0.05) is 25.6 Å². The van der Waals surface area contributed by atoms with Gasteiger partial charge in [-0.1, -0.05) is 56.9 Å². The van der Waals surface area contributed by atoms with Crippen LogP contribution in [0.15, 0.2) is 23.8 Å². The van der Waals surface area contributed by atoms with Crippen molar-refractivity contribution in [3.8, 4) is 0 Å². The molecule has 2 rings (SSSR count). The Morgan fingerprint density at radius 3 is 2.85 bits per heavy atom. The van der Waals surface area contributed by atoms with Gasteiger partial charge in [0.2, 0.25) is 0 Å². The number of unbranched alkanes of at least 4 members (excludes halogenated alkanes) is 1. The molecule has 1 saturated carbocycles. The number of fused-ring (bicyclic) bond motifs is 1. The Bertz CT molecular complexity index is 489. The van der Waals surface area contributed by atoms with E-state index in [-0.39, 0.29) is 18.1 Å². The summed E-state index contributed by atoms with van der Waals surface area (Å²) in [7, 11) is 4.19. The average Bonchev–Trinajstić information content (AvgIpc) is 3.11. The van der Waals surface area contributed by atoms with Gasteiger partial charge in [-0.2, -0.15) is 0 Å². The van der Waals surface area contributed by atoms with E-state index in [1.54, 1.807) is 0 Å². The second kappa shape index (κ2) is 11.4. The second-order valence-electron chi connectivity index (χ2n) is 9.15. The Morgan fingerprint density at radius 2 is 2.15 bits per heavy atom. The molecule has 0 spiro atoms. The summed E-state index contributed by atoms with van der Waals surface area (Å²) in [5.74, 6) is 1.75. The van der Waals surface area contributed by atoms with Crippen LogP contribution < -0.4 is 5.32 Å². The molecule has 0 aromatic heterocycles. The van der Waals surface area contributed by atoms with Crippen molar-refractivity contribution in [2.45, 2.75) is 64.6 Å². The molecule has 2 aliphatic rings. The molecule has 2 aliphatic carbocycles. The maximum atomic E-state index is 10.5. The van der Waals surface area contributed by atoms with Crippen molar-refractivity contribution in [1.29, 1.82) is 0 Å². The molecule has 4 nitrogen and oxygen atoms in total. The second-order valence-corrected chi connectivity index (χ2v) is 9.15. The van der Waals surface area contributed by atoms with Gasteiger partial charge in [0.05, 0.1) is 12.2 Å². The van der Waals surface area contributed by atoms with E-state index in [1.165, 1.54) is 24.8 Å². The monoisotopic (exact) mass is 378 g/mol. The zero-order chi connectivity index (χ0) is 19.8. The lowest BCUT2D eigenvalue weighted by atomic mass is 9.88. The first-order chi connectivity index (χ1) is 12.9. The number of aliphatic hydroxyl groups excluding tert-OH is 2. The predicted octanol–water partition coefficient (Wildman–Crippen LogP) is 3.21. The number of nitrogens with zero attached hydrogens (tertiary/aromatic N) is 1. The van der Waals surface area contributed by atoms with Crippen molar-refractivity contribution >= 4 is 0 Å². The number of likely N-dealkylation sites (N-methyl/N-ethyl adjacent to an activating group) is 1. The summed E-state index contributed by atoms with van der Waals surface area (Å²) < 4.78 is 0. The molecule has 0 saturated heterocycles. The van der Waals surface area contributed by atoms with Crippen LogP contribution >= 0.6 is 0 Å². The van der Waals surface area contributed by atoms with E-state index in [0.29, 0.717) is 17.8 Å². The van der Waals surface area contributed by atoms with Crippen LogP contribution in [0.25, 0.3) is 0 Å². The van der Waals surface area contributed by atoms with Crippen molar-refractivity contribution < 1.29 is 10.2 Å². The van der Waals surface area contributed by atoms with Gasteiger partial charge >= 0.3 is 0 Å². The quantitative estimate of drug-likeness (QED) is 0.360. The van der Waals surface area contributed by atoms with Crippen LogP contribution in [-0.4, -0.2) is 61.1 Å². The van der Waals surface area contributed by atoms with Crippen LogP contribution in [0.2, 0.25) is 0 Å². The highest BCUT2D eigenvalue weighted by atomic mass is 16.3. The van der Waals surface area contributed by atoms with Crippen molar-refractivity contribution in [1.82, 2.24) is 10.2 Å². The lowest BCUT2D eigenvalue weighted by Crippen LogP contribution is -2.28. The first-order valence-corrected chi connectivity index (χ1v) is 11.0. The highest BCUT2D eigenvalue weighted by Crippen LogP contribution is 2.47. The van der Waals surface area contributed by atoms with Crippen LogP contribution in [0, 0.1) is 23.7 Å². The van der Waals surface area contributed by atoms with Gasteiger partial charge in [0.15, 0.2) is 0 Å². The molecule has 0 aromatic carbocycles. The highest BCUT2D eigenvalue weighted by molar-refractivity contribution is 5.21. The maximum absolute atomic E-state index is 10.5. The minimum Gasteiger partial charge on any atom is -0.392 e. The third-order valence-corrected chi connectivity index (χ3v) is 6.29. The van der Waals surface area contributed by atoms with Crippen molar-refractivity contribution in [3.63, 3.8) is 0 Å². The molecule has 0 bridgehead atoms. The van der Waals surface area contributed by atoms with Crippen molar-refractivity contribution in [2.75, 3.05) is 33.7 Å². The Morgan fingerprint density at radius 1 is 1.37 bits per heavy atom. The third kappa shape index (κ3) is 7.34. The van der Waals surface area contributed by atoms with Gasteiger partial charge in [-0.25, -0.2) is 0 Å². The molecule has 0 amide bonds. The molecule has 0 aliphatic heterocycles. The number of allylic oxidation sites excluding steroid dienone is 1. The largest absolute Gasteiger partial charge is 0.392 e. The topological polar surface area (TPSA) is 55.7 Å². The SMILES string of the molecule is CCCC[C@H](C)C[C@H](O)/C=C/[C@@H]1[C@H]2CC(CNCCN(C)C)=C[C@H]2C[C@H]1O. The van der Waals surface area contributed by atoms with Gasteiger partial charge in [0.1, 0.15) is 0 Å². The fourth-order valence-corrected chi connectivity index (χ4v) is 4.71.